The number of Topliss-reactive ketones (excluding diaryl/α,β-unsaturated/α-hetero) is 1. The lowest BCUT2D eigenvalue weighted by Crippen LogP contribution is -2.37. The lowest BCUT2D eigenvalue weighted by Gasteiger charge is -2.17. The Labute approximate surface area is 128 Å². The molecule has 7 heteroatoms. The number of nitrogens with zero attached hydrogens (tertiary/aromatic N) is 1. The van der Waals surface area contributed by atoms with E-state index >= 15 is 0 Å². The molecule has 1 aromatic heterocycles. The van der Waals surface area contributed by atoms with Crippen LogP contribution in [-0.2, 0) is 4.79 Å². The van der Waals surface area contributed by atoms with Crippen LogP contribution in [0.15, 0.2) is 9.82 Å². The summed E-state index contributed by atoms with van der Waals surface area (Å²) in [6.45, 7) is 9.03. The van der Waals surface area contributed by atoms with E-state index in [9.17, 15) is 14.4 Å². The first-order chi connectivity index (χ1) is 9.72. The van der Waals surface area contributed by atoms with Crippen LogP contribution >= 0.6 is 11.8 Å². The third-order valence-electron chi connectivity index (χ3n) is 3.17. The molecule has 1 aromatic rings. The van der Waals surface area contributed by atoms with Crippen LogP contribution in [0.25, 0.3) is 0 Å². The number of nitrogens with one attached hydrogen (secondary N) is 2. The summed E-state index contributed by atoms with van der Waals surface area (Å²) in [5.74, 6) is 0.129. The molecule has 21 heavy (non-hydrogen) atoms. The zero-order chi connectivity index (χ0) is 16.2. The lowest BCUT2D eigenvalue weighted by atomic mass is 10.1. The van der Waals surface area contributed by atoms with E-state index < -0.39 is 5.69 Å². The molecule has 0 fully saturated rings. The van der Waals surface area contributed by atoms with Crippen LogP contribution in [0, 0.1) is 12.8 Å². The highest BCUT2D eigenvalue weighted by molar-refractivity contribution is 8.00. The van der Waals surface area contributed by atoms with Crippen LogP contribution in [0.2, 0.25) is 0 Å². The second kappa shape index (κ2) is 7.40. The summed E-state index contributed by atoms with van der Waals surface area (Å²) in [5, 5.41) is 3.17. The molecule has 0 radical (unpaired) electrons. The predicted octanol–water partition coefficient (Wildman–Crippen LogP) is 1.53. The topological polar surface area (TPSA) is 91.9 Å². The first kappa shape index (κ1) is 17.4. The van der Waals surface area contributed by atoms with Gasteiger partial charge in [0.1, 0.15) is 5.03 Å². The summed E-state index contributed by atoms with van der Waals surface area (Å²) in [6.07, 6.45) is 0. The van der Waals surface area contributed by atoms with Gasteiger partial charge in [0.15, 0.2) is 5.78 Å². The number of ketones is 1. The van der Waals surface area contributed by atoms with Gasteiger partial charge in [-0.3, -0.25) is 9.59 Å². The molecule has 0 unspecified atom stereocenters. The Bertz CT molecular complexity index is 596. The largest absolute Gasteiger partial charge is 0.353 e. The Hall–Kier alpha value is -1.63. The maximum atomic E-state index is 11.9. The Morgan fingerprint density at radius 3 is 2.48 bits per heavy atom. The minimum atomic E-state index is -0.518. The van der Waals surface area contributed by atoms with Crippen molar-refractivity contribution in [1.82, 2.24) is 15.3 Å². The monoisotopic (exact) mass is 311 g/mol. The van der Waals surface area contributed by atoms with Crippen molar-refractivity contribution >= 4 is 23.5 Å². The number of hydrogen-bond acceptors (Lipinski definition) is 5. The highest BCUT2D eigenvalue weighted by Crippen LogP contribution is 2.21. The third kappa shape index (κ3) is 5.00. The number of rotatable bonds is 6. The average Bonchev–Trinajstić information content (AvgIpc) is 2.34. The fraction of sp³-hybridized carbons (Fsp3) is 0.571. The Morgan fingerprint density at radius 1 is 1.33 bits per heavy atom. The number of thioether (sulfide) groups is 1. The summed E-state index contributed by atoms with van der Waals surface area (Å²) < 4.78 is 0. The number of aromatic amines is 1. The molecule has 0 aromatic carbocycles. The van der Waals surface area contributed by atoms with Gasteiger partial charge in [-0.15, -0.1) is 0 Å². The van der Waals surface area contributed by atoms with Gasteiger partial charge < -0.3 is 10.3 Å². The number of hydrogen-bond donors (Lipinski definition) is 2. The molecule has 1 amide bonds. The van der Waals surface area contributed by atoms with E-state index in [1.807, 2.05) is 20.8 Å². The second-order valence-electron chi connectivity index (χ2n) is 5.29. The maximum absolute atomic E-state index is 11.9. The zero-order valence-electron chi connectivity index (χ0n) is 12.9. The van der Waals surface area contributed by atoms with Gasteiger partial charge in [0, 0.05) is 11.7 Å². The van der Waals surface area contributed by atoms with Crippen LogP contribution < -0.4 is 11.0 Å². The van der Waals surface area contributed by atoms with Crippen molar-refractivity contribution in [2.24, 2.45) is 5.92 Å². The van der Waals surface area contributed by atoms with Crippen molar-refractivity contribution in [2.45, 2.75) is 45.7 Å². The van der Waals surface area contributed by atoms with E-state index in [1.54, 1.807) is 6.92 Å². The van der Waals surface area contributed by atoms with Gasteiger partial charge in [-0.1, -0.05) is 25.6 Å². The Balaban J connectivity index is 2.82. The molecular formula is C14H21N3O3S. The van der Waals surface area contributed by atoms with Gasteiger partial charge in [0.2, 0.25) is 5.91 Å². The summed E-state index contributed by atoms with van der Waals surface area (Å²) in [5.41, 5.74) is 0.321. The minimum Gasteiger partial charge on any atom is -0.353 e. The third-order valence-corrected chi connectivity index (χ3v) is 4.14. The fourth-order valence-corrected chi connectivity index (χ4v) is 2.61. The minimum absolute atomic E-state index is 0.0687. The van der Waals surface area contributed by atoms with Crippen LogP contribution in [0.4, 0.5) is 0 Å². The van der Waals surface area contributed by atoms with E-state index in [1.165, 1.54) is 6.92 Å². The highest BCUT2D eigenvalue weighted by Gasteiger charge is 2.17. The maximum Gasteiger partial charge on any atom is 0.346 e. The summed E-state index contributed by atoms with van der Waals surface area (Å²) in [7, 11) is 0. The quantitative estimate of drug-likeness (QED) is 0.472. The molecule has 6 nitrogen and oxygen atoms in total. The number of amides is 1. The molecule has 0 aliphatic carbocycles. The number of carbonyl (C=O) groups excluding carboxylic acids is 2. The van der Waals surface area contributed by atoms with Crippen LogP contribution in [-0.4, -0.2) is 33.5 Å². The molecule has 116 valence electrons. The summed E-state index contributed by atoms with van der Waals surface area (Å²) >= 11 is 1.10. The van der Waals surface area contributed by atoms with Crippen LogP contribution in [0.5, 0.6) is 0 Å². The molecule has 0 saturated carbocycles. The smallest absolute Gasteiger partial charge is 0.346 e. The van der Waals surface area contributed by atoms with Gasteiger partial charge in [-0.05, 0) is 26.7 Å². The molecule has 1 atom stereocenters. The average molecular weight is 311 g/mol. The molecule has 0 aliphatic heterocycles. The van der Waals surface area contributed by atoms with Gasteiger partial charge in [0.05, 0.1) is 11.3 Å². The first-order valence-electron chi connectivity index (χ1n) is 6.76. The Kier molecular flexibility index (Phi) is 6.14. The van der Waals surface area contributed by atoms with E-state index in [0.717, 1.165) is 11.8 Å². The van der Waals surface area contributed by atoms with Crippen molar-refractivity contribution in [1.29, 1.82) is 0 Å². The fourth-order valence-electron chi connectivity index (χ4n) is 1.67. The van der Waals surface area contributed by atoms with Crippen molar-refractivity contribution in [3.8, 4) is 0 Å². The molecule has 1 heterocycles. The highest BCUT2D eigenvalue weighted by atomic mass is 32.2. The molecule has 0 bridgehead atoms. The second-order valence-corrected chi connectivity index (χ2v) is 6.26. The van der Waals surface area contributed by atoms with Crippen molar-refractivity contribution < 1.29 is 9.59 Å². The van der Waals surface area contributed by atoms with Crippen molar-refractivity contribution in [3.05, 3.63) is 21.7 Å². The number of aromatic nitrogens is 2. The predicted molar refractivity (Wildman–Crippen MR) is 82.8 cm³/mol. The number of carbonyl (C=O) groups is 2. The molecular weight excluding hydrogens is 290 g/mol. The SMILES string of the molecule is CC(=O)c1c(SCC(=O)N[C@@H](C)C(C)C)nc(=O)[nH]c1C. The molecule has 1 rings (SSSR count). The standard InChI is InChI=1S/C14H21N3O3S/c1-7(2)8(3)15-11(19)6-21-13-12(10(5)18)9(4)16-14(20)17-13/h7-8H,6H2,1-5H3,(H,15,19)(H,16,17,20)/t8-/m0/s1. The first-order valence-corrected chi connectivity index (χ1v) is 7.75. The summed E-state index contributed by atoms with van der Waals surface area (Å²) in [4.78, 5) is 41.2. The van der Waals surface area contributed by atoms with Gasteiger partial charge >= 0.3 is 5.69 Å². The molecule has 0 spiro atoms. The van der Waals surface area contributed by atoms with Crippen LogP contribution in [0.3, 0.4) is 0 Å². The lowest BCUT2D eigenvalue weighted by molar-refractivity contribution is -0.119. The van der Waals surface area contributed by atoms with Crippen molar-refractivity contribution in [2.75, 3.05) is 5.75 Å². The van der Waals surface area contributed by atoms with E-state index in [0.29, 0.717) is 22.2 Å². The van der Waals surface area contributed by atoms with Crippen molar-refractivity contribution in [3.63, 3.8) is 0 Å². The van der Waals surface area contributed by atoms with Crippen LogP contribution in [0.1, 0.15) is 43.7 Å². The van der Waals surface area contributed by atoms with E-state index in [4.69, 9.17) is 0 Å². The summed E-state index contributed by atoms with van der Waals surface area (Å²) in [6, 6.07) is 0.0687. The normalized spacial score (nSPS) is 12.3. The van der Waals surface area contributed by atoms with Gasteiger partial charge in [0.25, 0.3) is 0 Å². The number of H-pyrrole nitrogens is 1. The van der Waals surface area contributed by atoms with Gasteiger partial charge in [-0.2, -0.15) is 4.98 Å². The zero-order valence-corrected chi connectivity index (χ0v) is 13.8. The molecule has 0 saturated heterocycles. The van der Waals surface area contributed by atoms with E-state index in [-0.39, 0.29) is 23.5 Å². The Morgan fingerprint density at radius 2 is 1.95 bits per heavy atom. The molecule has 0 aliphatic rings. The molecule has 2 N–H and O–H groups in total. The van der Waals surface area contributed by atoms with E-state index in [2.05, 4.69) is 15.3 Å². The van der Waals surface area contributed by atoms with Gasteiger partial charge in [-0.25, -0.2) is 4.79 Å². The number of aryl methyl sites for hydroxylation is 1.